The molecule has 0 spiro atoms. The Balaban J connectivity index is 1.34. The number of benzene rings is 2. The lowest BCUT2D eigenvalue weighted by molar-refractivity contribution is -0.902. The maximum Gasteiger partial charge on any atom is 0.298 e. The van der Waals surface area contributed by atoms with E-state index in [4.69, 9.17) is 4.74 Å². The Labute approximate surface area is 181 Å². The van der Waals surface area contributed by atoms with Gasteiger partial charge in [0.2, 0.25) is 0 Å². The minimum absolute atomic E-state index is 0.0907. The van der Waals surface area contributed by atoms with Crippen LogP contribution >= 0.6 is 11.5 Å². The fourth-order valence-electron chi connectivity index (χ4n) is 3.57. The molecule has 3 aromatic rings. The average Bonchev–Trinajstić information content (AvgIpc) is 3.22. The zero-order chi connectivity index (χ0) is 20.9. The van der Waals surface area contributed by atoms with Crippen LogP contribution in [-0.2, 0) is 6.42 Å². The number of nitrogens with one attached hydrogen (secondary N) is 1. The Kier molecular flexibility index (Phi) is 6.40. The van der Waals surface area contributed by atoms with E-state index < -0.39 is 0 Å². The summed E-state index contributed by atoms with van der Waals surface area (Å²) in [5, 5.41) is 0.509. The number of carbonyl (C=O) groups excluding carboxylic acids is 1. The first-order valence-corrected chi connectivity index (χ1v) is 11.2. The van der Waals surface area contributed by atoms with Gasteiger partial charge in [-0.05, 0) is 43.7 Å². The van der Waals surface area contributed by atoms with Crippen LogP contribution in [0, 0.1) is 6.92 Å². The lowest BCUT2D eigenvalue weighted by atomic mass is 10.1. The number of piperazine rings is 1. The third kappa shape index (κ3) is 5.04. The molecule has 4 rings (SSSR count). The molecular formula is C23H27N4O2S+. The van der Waals surface area contributed by atoms with E-state index in [9.17, 15) is 4.79 Å². The molecule has 1 aromatic heterocycles. The van der Waals surface area contributed by atoms with Gasteiger partial charge in [-0.3, -0.25) is 4.79 Å². The summed E-state index contributed by atoms with van der Waals surface area (Å²) in [6, 6.07) is 15.7. The van der Waals surface area contributed by atoms with Crippen molar-refractivity contribution in [1.82, 2.24) is 14.3 Å². The molecule has 0 unspecified atom stereocenters. The Morgan fingerprint density at radius 3 is 2.47 bits per heavy atom. The molecule has 6 nitrogen and oxygen atoms in total. The molecule has 2 aromatic carbocycles. The topological polar surface area (TPSA) is 59.8 Å². The van der Waals surface area contributed by atoms with Crippen molar-refractivity contribution in [3.8, 4) is 10.9 Å². The third-order valence-corrected chi connectivity index (χ3v) is 6.13. The van der Waals surface area contributed by atoms with Crippen LogP contribution in [0.1, 0.15) is 34.2 Å². The van der Waals surface area contributed by atoms with Gasteiger partial charge in [0, 0.05) is 23.5 Å². The van der Waals surface area contributed by atoms with E-state index in [1.54, 1.807) is 4.90 Å². The second kappa shape index (κ2) is 9.36. The number of carbonyl (C=O) groups is 1. The van der Waals surface area contributed by atoms with Gasteiger partial charge in [0.25, 0.3) is 11.1 Å². The van der Waals surface area contributed by atoms with E-state index >= 15 is 0 Å². The molecule has 156 valence electrons. The summed E-state index contributed by atoms with van der Waals surface area (Å²) in [7, 11) is 0. The number of nitrogens with zero attached hydrogens (tertiary/aromatic N) is 3. The van der Waals surface area contributed by atoms with Gasteiger partial charge in [-0.25, -0.2) is 0 Å². The highest BCUT2D eigenvalue weighted by molar-refractivity contribution is 7.07. The molecule has 1 aliphatic rings. The van der Waals surface area contributed by atoms with Crippen LogP contribution in [0.2, 0.25) is 0 Å². The molecule has 0 radical (unpaired) electrons. The van der Waals surface area contributed by atoms with Crippen molar-refractivity contribution >= 4 is 17.4 Å². The van der Waals surface area contributed by atoms with Crippen molar-refractivity contribution in [3.05, 3.63) is 71.0 Å². The number of aromatic nitrogens is 2. The van der Waals surface area contributed by atoms with Crippen molar-refractivity contribution in [2.75, 3.05) is 32.7 Å². The molecule has 0 saturated carbocycles. The summed E-state index contributed by atoms with van der Waals surface area (Å²) in [5.74, 6) is 1.50. The number of ether oxygens (including phenoxy) is 1. The van der Waals surface area contributed by atoms with Gasteiger partial charge >= 0.3 is 0 Å². The lowest BCUT2D eigenvalue weighted by Crippen LogP contribution is -3.14. The van der Waals surface area contributed by atoms with Gasteiger partial charge in [-0.15, -0.1) is 0 Å². The van der Waals surface area contributed by atoms with Crippen LogP contribution in [0.5, 0.6) is 10.9 Å². The van der Waals surface area contributed by atoms with E-state index in [1.807, 2.05) is 29.2 Å². The van der Waals surface area contributed by atoms with Gasteiger partial charge in [0.1, 0.15) is 5.75 Å². The molecule has 0 atom stereocenters. The van der Waals surface area contributed by atoms with Crippen LogP contribution in [-0.4, -0.2) is 52.9 Å². The Hall–Kier alpha value is -2.77. The highest BCUT2D eigenvalue weighted by Crippen LogP contribution is 2.24. The Morgan fingerprint density at radius 2 is 1.80 bits per heavy atom. The molecule has 0 bridgehead atoms. The van der Waals surface area contributed by atoms with Gasteiger partial charge in [-0.1, -0.05) is 29.8 Å². The van der Waals surface area contributed by atoms with E-state index in [2.05, 4.69) is 47.5 Å². The van der Waals surface area contributed by atoms with Crippen molar-refractivity contribution in [3.63, 3.8) is 0 Å². The summed E-state index contributed by atoms with van der Waals surface area (Å²) in [4.78, 5) is 20.7. The fraction of sp³-hybridized carbons (Fsp3) is 0.348. The smallest absolute Gasteiger partial charge is 0.298 e. The minimum Gasteiger partial charge on any atom is -0.430 e. The quantitative estimate of drug-likeness (QED) is 0.662. The molecular weight excluding hydrogens is 396 g/mol. The maximum atomic E-state index is 12.7. The number of aryl methyl sites for hydroxylation is 1. The number of hydrogen-bond donors (Lipinski definition) is 1. The normalized spacial score (nSPS) is 14.7. The molecule has 1 N–H and O–H groups in total. The molecule has 2 heterocycles. The zero-order valence-electron chi connectivity index (χ0n) is 17.4. The predicted octanol–water partition coefficient (Wildman–Crippen LogP) is 2.59. The monoisotopic (exact) mass is 423 g/mol. The van der Waals surface area contributed by atoms with Gasteiger partial charge in [0.05, 0.1) is 32.7 Å². The summed E-state index contributed by atoms with van der Waals surface area (Å²) < 4.78 is 10.2. The van der Waals surface area contributed by atoms with Crippen LogP contribution in [0.3, 0.4) is 0 Å². The summed E-state index contributed by atoms with van der Waals surface area (Å²) in [6.45, 7) is 9.05. The minimum atomic E-state index is 0.0907. The molecule has 1 aliphatic heterocycles. The van der Waals surface area contributed by atoms with E-state index in [0.29, 0.717) is 22.9 Å². The first kappa shape index (κ1) is 20.5. The average molecular weight is 424 g/mol. The summed E-state index contributed by atoms with van der Waals surface area (Å²) in [6.07, 6.45) is 0.681. The lowest BCUT2D eigenvalue weighted by Gasteiger charge is -2.31. The molecule has 1 saturated heterocycles. The zero-order valence-corrected chi connectivity index (χ0v) is 18.2. The van der Waals surface area contributed by atoms with Crippen molar-refractivity contribution in [2.45, 2.75) is 20.3 Å². The maximum absolute atomic E-state index is 12.7. The first-order chi connectivity index (χ1) is 14.6. The second-order valence-electron chi connectivity index (χ2n) is 7.66. The van der Waals surface area contributed by atoms with Crippen LogP contribution in [0.15, 0.2) is 48.5 Å². The second-order valence-corrected chi connectivity index (χ2v) is 8.38. The van der Waals surface area contributed by atoms with Crippen molar-refractivity contribution < 1.29 is 14.4 Å². The van der Waals surface area contributed by atoms with Crippen LogP contribution in [0.25, 0.3) is 0 Å². The molecule has 0 aliphatic carbocycles. The SMILES string of the molecule is CC[NH+]1CCN(C(=O)c2ccc(Oc3nc(Cc4ccc(C)cc4)ns3)cc2)CC1. The molecule has 30 heavy (non-hydrogen) atoms. The van der Waals surface area contributed by atoms with Crippen LogP contribution in [0.4, 0.5) is 0 Å². The van der Waals surface area contributed by atoms with Gasteiger partial charge in [0.15, 0.2) is 5.82 Å². The van der Waals surface area contributed by atoms with Crippen molar-refractivity contribution in [2.24, 2.45) is 0 Å². The van der Waals surface area contributed by atoms with E-state index in [0.717, 1.165) is 38.5 Å². The predicted molar refractivity (Wildman–Crippen MR) is 118 cm³/mol. The summed E-state index contributed by atoms with van der Waals surface area (Å²) in [5.41, 5.74) is 3.11. The van der Waals surface area contributed by atoms with E-state index in [1.165, 1.54) is 22.7 Å². The summed E-state index contributed by atoms with van der Waals surface area (Å²) >= 11 is 1.24. The number of quaternary nitrogens is 1. The van der Waals surface area contributed by atoms with E-state index in [-0.39, 0.29) is 5.91 Å². The number of hydrogen-bond acceptors (Lipinski definition) is 5. The fourth-order valence-corrected chi connectivity index (χ4v) is 4.14. The number of rotatable bonds is 6. The number of amides is 1. The van der Waals surface area contributed by atoms with Gasteiger partial charge in [-0.2, -0.15) is 9.36 Å². The standard InChI is InChI=1S/C23H26N4O2S/c1-3-26-12-14-27(15-13-26)22(28)19-8-10-20(11-9-19)29-23-24-21(25-30-23)16-18-6-4-17(2)5-7-18/h4-11H,3,12-16H2,1-2H3/p+1. The first-order valence-electron chi connectivity index (χ1n) is 10.4. The molecule has 1 fully saturated rings. The largest absolute Gasteiger partial charge is 0.430 e. The Morgan fingerprint density at radius 1 is 1.10 bits per heavy atom. The Bertz CT molecular complexity index is 977. The van der Waals surface area contributed by atoms with Crippen molar-refractivity contribution in [1.29, 1.82) is 0 Å². The molecule has 7 heteroatoms. The van der Waals surface area contributed by atoms with Crippen LogP contribution < -0.4 is 9.64 Å². The highest BCUT2D eigenvalue weighted by Gasteiger charge is 2.23. The molecule has 1 amide bonds. The highest BCUT2D eigenvalue weighted by atomic mass is 32.1. The van der Waals surface area contributed by atoms with Gasteiger partial charge < -0.3 is 14.5 Å². The number of likely N-dealkylation sites (N-methyl/N-ethyl adjacent to an activating group) is 1. The third-order valence-electron chi connectivity index (χ3n) is 5.50.